The number of hydrogen-bond acceptors (Lipinski definition) is 2. The minimum absolute atomic E-state index is 0.390. The van der Waals surface area contributed by atoms with E-state index in [0.717, 1.165) is 0 Å². The van der Waals surface area contributed by atoms with E-state index in [-0.39, 0.29) is 0 Å². The molecule has 2 saturated carbocycles. The van der Waals surface area contributed by atoms with E-state index in [1.807, 2.05) is 0 Å². The van der Waals surface area contributed by atoms with Crippen LogP contribution in [-0.2, 0) is 4.74 Å². The Labute approximate surface area is 93.8 Å². The predicted molar refractivity (Wildman–Crippen MR) is 63.0 cm³/mol. The standard InChI is InChI=1S/C13H25NO/c1-13(2)9-5-8-11(12(13)14-3)15-10-6-4-7-10/h10-12,14H,4-9H2,1-3H3. The summed E-state index contributed by atoms with van der Waals surface area (Å²) < 4.78 is 6.20. The summed E-state index contributed by atoms with van der Waals surface area (Å²) in [4.78, 5) is 0. The molecular formula is C13H25NO. The van der Waals surface area contributed by atoms with Crippen LogP contribution in [0.5, 0.6) is 0 Å². The van der Waals surface area contributed by atoms with Gasteiger partial charge in [0.25, 0.3) is 0 Å². The molecule has 0 radical (unpaired) electrons. The van der Waals surface area contributed by atoms with E-state index < -0.39 is 0 Å². The molecule has 2 atom stereocenters. The van der Waals surface area contributed by atoms with Crippen LogP contribution in [0.1, 0.15) is 52.4 Å². The van der Waals surface area contributed by atoms with Gasteiger partial charge >= 0.3 is 0 Å². The lowest BCUT2D eigenvalue weighted by molar-refractivity contribution is -0.0998. The van der Waals surface area contributed by atoms with Crippen LogP contribution in [0.4, 0.5) is 0 Å². The van der Waals surface area contributed by atoms with Crippen molar-refractivity contribution in [1.29, 1.82) is 0 Å². The minimum atomic E-state index is 0.390. The summed E-state index contributed by atoms with van der Waals surface area (Å²) in [6.07, 6.45) is 8.84. The van der Waals surface area contributed by atoms with Crippen LogP contribution < -0.4 is 5.32 Å². The number of hydrogen-bond donors (Lipinski definition) is 1. The Morgan fingerprint density at radius 1 is 1.13 bits per heavy atom. The third-order valence-corrected chi connectivity index (χ3v) is 4.25. The SMILES string of the molecule is CNC1C(OC2CCC2)CCCC1(C)C. The maximum absolute atomic E-state index is 6.20. The minimum Gasteiger partial charge on any atom is -0.373 e. The van der Waals surface area contributed by atoms with Crippen molar-refractivity contribution in [3.63, 3.8) is 0 Å². The van der Waals surface area contributed by atoms with Gasteiger partial charge < -0.3 is 10.1 Å². The van der Waals surface area contributed by atoms with Crippen molar-refractivity contribution in [1.82, 2.24) is 5.32 Å². The van der Waals surface area contributed by atoms with Gasteiger partial charge in [0.2, 0.25) is 0 Å². The molecule has 0 bridgehead atoms. The first-order valence-electron chi connectivity index (χ1n) is 6.46. The molecule has 1 N–H and O–H groups in total. The second kappa shape index (κ2) is 4.42. The van der Waals surface area contributed by atoms with Crippen LogP contribution in [0, 0.1) is 5.41 Å². The predicted octanol–water partition coefficient (Wildman–Crippen LogP) is 2.72. The zero-order valence-electron chi connectivity index (χ0n) is 10.4. The van der Waals surface area contributed by atoms with Gasteiger partial charge in [-0.1, -0.05) is 20.3 Å². The Bertz CT molecular complexity index is 211. The molecule has 0 aliphatic heterocycles. The highest BCUT2D eigenvalue weighted by Gasteiger charge is 2.40. The molecule has 2 heteroatoms. The average Bonchev–Trinajstić information content (AvgIpc) is 2.10. The quantitative estimate of drug-likeness (QED) is 0.775. The van der Waals surface area contributed by atoms with E-state index in [1.165, 1.54) is 38.5 Å². The molecule has 2 unspecified atom stereocenters. The van der Waals surface area contributed by atoms with Crippen molar-refractivity contribution in [2.75, 3.05) is 7.05 Å². The van der Waals surface area contributed by atoms with Gasteiger partial charge in [-0.05, 0) is 44.6 Å². The maximum atomic E-state index is 6.20. The van der Waals surface area contributed by atoms with Crippen LogP contribution in [0.3, 0.4) is 0 Å². The Morgan fingerprint density at radius 3 is 2.40 bits per heavy atom. The molecule has 0 aromatic heterocycles. The zero-order valence-corrected chi connectivity index (χ0v) is 10.4. The summed E-state index contributed by atoms with van der Waals surface area (Å²) >= 11 is 0. The summed E-state index contributed by atoms with van der Waals surface area (Å²) in [5, 5.41) is 3.47. The molecular weight excluding hydrogens is 186 g/mol. The summed E-state index contributed by atoms with van der Waals surface area (Å²) in [6.45, 7) is 4.73. The summed E-state index contributed by atoms with van der Waals surface area (Å²) in [6, 6.07) is 0.534. The van der Waals surface area contributed by atoms with Gasteiger partial charge in [0, 0.05) is 6.04 Å². The second-order valence-corrected chi connectivity index (χ2v) is 5.87. The number of ether oxygens (including phenoxy) is 1. The lowest BCUT2D eigenvalue weighted by Gasteiger charge is -2.45. The lowest BCUT2D eigenvalue weighted by Crippen LogP contribution is -2.53. The highest BCUT2D eigenvalue weighted by atomic mass is 16.5. The van der Waals surface area contributed by atoms with Crippen LogP contribution in [0.15, 0.2) is 0 Å². The molecule has 2 aliphatic carbocycles. The van der Waals surface area contributed by atoms with E-state index in [0.29, 0.717) is 23.7 Å². The van der Waals surface area contributed by atoms with Crippen LogP contribution >= 0.6 is 0 Å². The molecule has 2 aliphatic rings. The fourth-order valence-electron chi connectivity index (χ4n) is 3.06. The van der Waals surface area contributed by atoms with Gasteiger partial charge in [-0.3, -0.25) is 0 Å². The number of rotatable bonds is 3. The van der Waals surface area contributed by atoms with Crippen molar-refractivity contribution in [2.24, 2.45) is 5.41 Å². The summed E-state index contributed by atoms with van der Waals surface area (Å²) in [5.41, 5.74) is 0.390. The largest absolute Gasteiger partial charge is 0.373 e. The van der Waals surface area contributed by atoms with Gasteiger partial charge in [0.1, 0.15) is 0 Å². The molecule has 0 aromatic rings. The first-order valence-corrected chi connectivity index (χ1v) is 6.46. The third-order valence-electron chi connectivity index (χ3n) is 4.25. The zero-order chi connectivity index (χ0) is 10.9. The number of likely N-dealkylation sites (N-methyl/N-ethyl adjacent to an activating group) is 1. The van der Waals surface area contributed by atoms with Gasteiger partial charge in [0.15, 0.2) is 0 Å². The van der Waals surface area contributed by atoms with Gasteiger partial charge in [-0.25, -0.2) is 0 Å². The third kappa shape index (κ3) is 2.36. The molecule has 88 valence electrons. The van der Waals surface area contributed by atoms with Gasteiger partial charge in [0.05, 0.1) is 12.2 Å². The fourth-order valence-corrected chi connectivity index (χ4v) is 3.06. The molecule has 2 rings (SSSR count). The summed E-state index contributed by atoms with van der Waals surface area (Å²) in [7, 11) is 2.08. The van der Waals surface area contributed by atoms with E-state index in [2.05, 4.69) is 26.2 Å². The molecule has 0 saturated heterocycles. The van der Waals surface area contributed by atoms with Crippen LogP contribution in [0.25, 0.3) is 0 Å². The van der Waals surface area contributed by atoms with E-state index in [4.69, 9.17) is 4.74 Å². The van der Waals surface area contributed by atoms with Crippen LogP contribution in [-0.4, -0.2) is 25.3 Å². The first kappa shape index (κ1) is 11.4. The maximum Gasteiger partial charge on any atom is 0.0736 e. The number of nitrogens with one attached hydrogen (secondary N) is 1. The van der Waals surface area contributed by atoms with E-state index >= 15 is 0 Å². The highest BCUT2D eigenvalue weighted by Crippen LogP contribution is 2.38. The Balaban J connectivity index is 1.95. The first-order chi connectivity index (χ1) is 7.13. The summed E-state index contributed by atoms with van der Waals surface area (Å²) in [5.74, 6) is 0. The Kier molecular flexibility index (Phi) is 3.36. The molecule has 0 spiro atoms. The molecule has 2 nitrogen and oxygen atoms in total. The van der Waals surface area contributed by atoms with Gasteiger partial charge in [-0.15, -0.1) is 0 Å². The van der Waals surface area contributed by atoms with Crippen molar-refractivity contribution < 1.29 is 4.74 Å². The Hall–Kier alpha value is -0.0800. The normalized spacial score (nSPS) is 36.2. The Morgan fingerprint density at radius 2 is 1.87 bits per heavy atom. The molecule has 15 heavy (non-hydrogen) atoms. The molecule has 0 amide bonds. The van der Waals surface area contributed by atoms with E-state index in [9.17, 15) is 0 Å². The smallest absolute Gasteiger partial charge is 0.0736 e. The molecule has 0 heterocycles. The van der Waals surface area contributed by atoms with Crippen molar-refractivity contribution in [2.45, 2.75) is 70.6 Å². The van der Waals surface area contributed by atoms with Crippen molar-refractivity contribution in [3.05, 3.63) is 0 Å². The highest BCUT2D eigenvalue weighted by molar-refractivity contribution is 4.94. The lowest BCUT2D eigenvalue weighted by atomic mass is 9.71. The van der Waals surface area contributed by atoms with Crippen molar-refractivity contribution >= 4 is 0 Å². The second-order valence-electron chi connectivity index (χ2n) is 5.87. The van der Waals surface area contributed by atoms with Crippen LogP contribution in [0.2, 0.25) is 0 Å². The molecule has 0 aromatic carbocycles. The topological polar surface area (TPSA) is 21.3 Å². The average molecular weight is 211 g/mol. The molecule has 2 fully saturated rings. The monoisotopic (exact) mass is 211 g/mol. The van der Waals surface area contributed by atoms with E-state index in [1.54, 1.807) is 0 Å². The van der Waals surface area contributed by atoms with Gasteiger partial charge in [-0.2, -0.15) is 0 Å². The fraction of sp³-hybridized carbons (Fsp3) is 1.00. The van der Waals surface area contributed by atoms with Crippen molar-refractivity contribution in [3.8, 4) is 0 Å².